The number of nitrogens with two attached hydrogens (primary N) is 1. The molecular weight excluding hydrogens is 317 g/mol. The van der Waals surface area contributed by atoms with Gasteiger partial charge in [-0.1, -0.05) is 28.4 Å². The standard InChI is InChI=1S/C13H17Cl2N3O3/c1-21-7-6-18(5-4-12(16)17-20)13(19)9-2-3-10(14)11(15)8-9/h2-3,8,20H,4-7H2,1H3,(H2,16,17). The first kappa shape index (κ1) is 17.6. The molecule has 0 bridgehead atoms. The van der Waals surface area contributed by atoms with Gasteiger partial charge in [0.05, 0.1) is 16.7 Å². The molecule has 1 amide bonds. The summed E-state index contributed by atoms with van der Waals surface area (Å²) in [6.07, 6.45) is 0.257. The molecule has 0 radical (unpaired) electrons. The number of amides is 1. The maximum Gasteiger partial charge on any atom is 0.253 e. The zero-order valence-corrected chi connectivity index (χ0v) is 13.1. The number of halogens is 2. The Hall–Kier alpha value is -1.50. The van der Waals surface area contributed by atoms with Gasteiger partial charge in [0, 0.05) is 32.2 Å². The third kappa shape index (κ3) is 5.41. The van der Waals surface area contributed by atoms with Crippen molar-refractivity contribution in [1.82, 2.24) is 4.90 Å². The van der Waals surface area contributed by atoms with Crippen molar-refractivity contribution in [3.05, 3.63) is 33.8 Å². The van der Waals surface area contributed by atoms with Gasteiger partial charge in [0.2, 0.25) is 0 Å². The summed E-state index contributed by atoms with van der Waals surface area (Å²) in [6, 6.07) is 4.67. The van der Waals surface area contributed by atoms with Crippen molar-refractivity contribution in [3.8, 4) is 0 Å². The first-order valence-corrected chi connectivity index (χ1v) is 6.94. The van der Waals surface area contributed by atoms with E-state index in [-0.39, 0.29) is 18.2 Å². The lowest BCUT2D eigenvalue weighted by Crippen LogP contribution is -2.36. The maximum absolute atomic E-state index is 12.4. The lowest BCUT2D eigenvalue weighted by molar-refractivity contribution is 0.0700. The van der Waals surface area contributed by atoms with Crippen molar-refractivity contribution in [2.24, 2.45) is 10.9 Å². The minimum atomic E-state index is -0.226. The van der Waals surface area contributed by atoms with Crippen LogP contribution in [0.4, 0.5) is 0 Å². The van der Waals surface area contributed by atoms with Crippen LogP contribution in [0.3, 0.4) is 0 Å². The Morgan fingerprint density at radius 2 is 2.10 bits per heavy atom. The van der Waals surface area contributed by atoms with Gasteiger partial charge in [0.25, 0.3) is 5.91 Å². The van der Waals surface area contributed by atoms with Gasteiger partial charge < -0.3 is 20.6 Å². The molecule has 0 heterocycles. The van der Waals surface area contributed by atoms with Gasteiger partial charge >= 0.3 is 0 Å². The quantitative estimate of drug-likeness (QED) is 0.346. The molecule has 0 fully saturated rings. The van der Waals surface area contributed by atoms with E-state index in [2.05, 4.69) is 5.16 Å². The van der Waals surface area contributed by atoms with Gasteiger partial charge in [-0.15, -0.1) is 0 Å². The number of amidine groups is 1. The molecule has 0 saturated carbocycles. The summed E-state index contributed by atoms with van der Waals surface area (Å²) in [7, 11) is 1.55. The predicted octanol–water partition coefficient (Wildman–Crippen LogP) is 2.22. The zero-order chi connectivity index (χ0) is 15.8. The number of rotatable bonds is 7. The Balaban J connectivity index is 2.84. The van der Waals surface area contributed by atoms with Crippen LogP contribution >= 0.6 is 23.2 Å². The fraction of sp³-hybridized carbons (Fsp3) is 0.385. The first-order valence-electron chi connectivity index (χ1n) is 6.19. The molecule has 0 aromatic heterocycles. The fourth-order valence-corrected chi connectivity index (χ4v) is 1.93. The van der Waals surface area contributed by atoms with Gasteiger partial charge in [0.15, 0.2) is 0 Å². The number of oxime groups is 1. The van der Waals surface area contributed by atoms with Gasteiger partial charge in [-0.05, 0) is 18.2 Å². The van der Waals surface area contributed by atoms with Crippen molar-refractivity contribution >= 4 is 34.9 Å². The Kier molecular flexibility index (Phi) is 7.28. The van der Waals surface area contributed by atoms with E-state index in [1.54, 1.807) is 24.1 Å². The van der Waals surface area contributed by atoms with Crippen molar-refractivity contribution < 1.29 is 14.7 Å². The van der Waals surface area contributed by atoms with Crippen LogP contribution in [0, 0.1) is 0 Å². The molecule has 0 spiro atoms. The number of ether oxygens (including phenoxy) is 1. The predicted molar refractivity (Wildman–Crippen MR) is 82.3 cm³/mol. The Bertz CT molecular complexity index is 523. The Morgan fingerprint density at radius 3 is 2.67 bits per heavy atom. The van der Waals surface area contributed by atoms with E-state index in [1.165, 1.54) is 6.07 Å². The number of hydrogen-bond acceptors (Lipinski definition) is 4. The van der Waals surface area contributed by atoms with Gasteiger partial charge in [-0.3, -0.25) is 4.79 Å². The average Bonchev–Trinajstić information content (AvgIpc) is 2.49. The normalized spacial score (nSPS) is 11.5. The van der Waals surface area contributed by atoms with E-state index >= 15 is 0 Å². The van der Waals surface area contributed by atoms with Gasteiger partial charge in [0.1, 0.15) is 5.84 Å². The van der Waals surface area contributed by atoms with Crippen LogP contribution in [0.1, 0.15) is 16.8 Å². The summed E-state index contributed by atoms with van der Waals surface area (Å²) in [5, 5.41) is 12.1. The molecule has 1 rings (SSSR count). The van der Waals surface area contributed by atoms with E-state index < -0.39 is 0 Å². The molecule has 0 atom stereocenters. The summed E-state index contributed by atoms with van der Waals surface area (Å²) in [5.74, 6) is -0.171. The van der Waals surface area contributed by atoms with Crippen LogP contribution in [-0.4, -0.2) is 48.7 Å². The van der Waals surface area contributed by atoms with Crippen LogP contribution in [0.25, 0.3) is 0 Å². The molecule has 0 unspecified atom stereocenters. The van der Waals surface area contributed by atoms with Crippen LogP contribution in [0.15, 0.2) is 23.4 Å². The number of methoxy groups -OCH3 is 1. The molecule has 116 valence electrons. The number of benzene rings is 1. The summed E-state index contributed by atoms with van der Waals surface area (Å²) in [4.78, 5) is 14.0. The molecular formula is C13H17Cl2N3O3. The number of nitrogens with zero attached hydrogens (tertiary/aromatic N) is 2. The first-order chi connectivity index (χ1) is 9.99. The summed E-state index contributed by atoms with van der Waals surface area (Å²) >= 11 is 11.8. The number of hydrogen-bond donors (Lipinski definition) is 2. The zero-order valence-electron chi connectivity index (χ0n) is 11.6. The van der Waals surface area contributed by atoms with Crippen LogP contribution < -0.4 is 5.73 Å². The Morgan fingerprint density at radius 1 is 1.38 bits per heavy atom. The van der Waals surface area contributed by atoms with Crippen LogP contribution in [-0.2, 0) is 4.74 Å². The maximum atomic E-state index is 12.4. The fourth-order valence-electron chi connectivity index (χ4n) is 1.63. The minimum Gasteiger partial charge on any atom is -0.409 e. The molecule has 0 aliphatic rings. The highest BCUT2D eigenvalue weighted by Crippen LogP contribution is 2.23. The highest BCUT2D eigenvalue weighted by Gasteiger charge is 2.17. The molecule has 0 aliphatic heterocycles. The minimum absolute atomic E-state index is 0.0550. The topological polar surface area (TPSA) is 88.2 Å². The lowest BCUT2D eigenvalue weighted by Gasteiger charge is -2.22. The van der Waals surface area contributed by atoms with Gasteiger partial charge in [-0.2, -0.15) is 0 Å². The molecule has 6 nitrogen and oxygen atoms in total. The second kappa shape index (κ2) is 8.71. The smallest absolute Gasteiger partial charge is 0.253 e. The highest BCUT2D eigenvalue weighted by molar-refractivity contribution is 6.42. The van der Waals surface area contributed by atoms with E-state index in [0.717, 1.165) is 0 Å². The molecule has 1 aromatic rings. The second-order valence-electron chi connectivity index (χ2n) is 4.26. The van der Waals surface area contributed by atoms with E-state index in [0.29, 0.717) is 35.3 Å². The van der Waals surface area contributed by atoms with Crippen molar-refractivity contribution in [2.75, 3.05) is 26.8 Å². The molecule has 0 aliphatic carbocycles. The largest absolute Gasteiger partial charge is 0.409 e. The molecule has 0 saturated heterocycles. The SMILES string of the molecule is COCCN(CCC(N)=NO)C(=O)c1ccc(Cl)c(Cl)c1. The molecule has 21 heavy (non-hydrogen) atoms. The summed E-state index contributed by atoms with van der Waals surface area (Å²) < 4.78 is 4.98. The van der Waals surface area contributed by atoms with Crippen molar-refractivity contribution in [1.29, 1.82) is 0 Å². The van der Waals surface area contributed by atoms with Crippen LogP contribution in [0.2, 0.25) is 10.0 Å². The number of carbonyl (C=O) groups is 1. The molecule has 8 heteroatoms. The third-order valence-corrected chi connectivity index (χ3v) is 3.52. The summed E-state index contributed by atoms with van der Waals surface area (Å²) in [6.45, 7) is 1.07. The van der Waals surface area contributed by atoms with E-state index in [9.17, 15) is 4.79 Å². The highest BCUT2D eigenvalue weighted by atomic mass is 35.5. The second-order valence-corrected chi connectivity index (χ2v) is 5.07. The monoisotopic (exact) mass is 333 g/mol. The van der Waals surface area contributed by atoms with Crippen molar-refractivity contribution in [2.45, 2.75) is 6.42 Å². The average molecular weight is 334 g/mol. The molecule has 3 N–H and O–H groups in total. The lowest BCUT2D eigenvalue weighted by atomic mass is 10.2. The van der Waals surface area contributed by atoms with Gasteiger partial charge in [-0.25, -0.2) is 0 Å². The van der Waals surface area contributed by atoms with Crippen molar-refractivity contribution in [3.63, 3.8) is 0 Å². The summed E-state index contributed by atoms with van der Waals surface area (Å²) in [5.41, 5.74) is 5.84. The Labute approximate surface area is 133 Å². The van der Waals surface area contributed by atoms with E-state index in [4.69, 9.17) is 38.9 Å². The third-order valence-electron chi connectivity index (χ3n) is 2.79. The number of carbonyl (C=O) groups excluding carboxylic acids is 1. The van der Waals surface area contributed by atoms with Crippen LogP contribution in [0.5, 0.6) is 0 Å². The van der Waals surface area contributed by atoms with E-state index in [1.807, 2.05) is 0 Å². The molecule has 1 aromatic carbocycles.